The predicted molar refractivity (Wildman–Crippen MR) is 124 cm³/mol. The summed E-state index contributed by atoms with van der Waals surface area (Å²) >= 11 is 0. The highest BCUT2D eigenvalue weighted by atomic mass is 127. The van der Waals surface area contributed by atoms with Gasteiger partial charge >= 0.3 is 0 Å². The number of halogens is 1. The summed E-state index contributed by atoms with van der Waals surface area (Å²) in [4.78, 5) is 18.4. The second-order valence-corrected chi connectivity index (χ2v) is 7.64. The number of amides is 1. The molecule has 1 aliphatic heterocycles. The Balaban J connectivity index is 0.00000364. The van der Waals surface area contributed by atoms with Crippen LogP contribution in [0.3, 0.4) is 0 Å². The van der Waals surface area contributed by atoms with Crippen molar-refractivity contribution in [1.82, 2.24) is 15.5 Å². The molecule has 2 rings (SSSR count). The molecule has 0 aromatic heterocycles. The topological polar surface area (TPSA) is 56.7 Å². The highest BCUT2D eigenvalue weighted by Crippen LogP contribution is 2.13. The van der Waals surface area contributed by atoms with Gasteiger partial charge in [0.2, 0.25) is 5.91 Å². The van der Waals surface area contributed by atoms with Crippen LogP contribution in [0.25, 0.3) is 0 Å². The molecule has 1 aliphatic rings. The van der Waals surface area contributed by atoms with Gasteiger partial charge < -0.3 is 15.5 Å². The lowest BCUT2D eigenvalue weighted by Crippen LogP contribution is -2.50. The highest BCUT2D eigenvalue weighted by Gasteiger charge is 2.24. The normalized spacial score (nSPS) is 15.5. The quantitative estimate of drug-likeness (QED) is 0.382. The average Bonchev–Trinajstić information content (AvgIpc) is 2.60. The summed E-state index contributed by atoms with van der Waals surface area (Å²) in [5, 5.41) is 6.92. The molecule has 2 N–H and O–H groups in total. The van der Waals surface area contributed by atoms with Gasteiger partial charge in [0.15, 0.2) is 5.96 Å². The Hall–Kier alpha value is -1.31. The molecule has 0 spiro atoms. The molecular weight excluding hydrogens is 451 g/mol. The van der Waals surface area contributed by atoms with Gasteiger partial charge in [-0.25, -0.2) is 0 Å². The van der Waals surface area contributed by atoms with Crippen LogP contribution < -0.4 is 10.6 Å². The Labute approximate surface area is 181 Å². The first-order valence-corrected chi connectivity index (χ1v) is 9.72. The predicted octanol–water partition coefficient (Wildman–Crippen LogP) is 3.28. The van der Waals surface area contributed by atoms with Crippen molar-refractivity contribution in [3.8, 4) is 0 Å². The van der Waals surface area contributed by atoms with Gasteiger partial charge in [-0.1, -0.05) is 43.2 Å². The molecule has 152 valence electrons. The second-order valence-electron chi connectivity index (χ2n) is 7.64. The zero-order valence-corrected chi connectivity index (χ0v) is 19.7. The largest absolute Gasteiger partial charge is 0.356 e. The Morgan fingerprint density at radius 2 is 1.78 bits per heavy atom. The number of hydrogen-bond acceptors (Lipinski definition) is 2. The van der Waals surface area contributed by atoms with Gasteiger partial charge in [-0.3, -0.25) is 9.79 Å². The summed E-state index contributed by atoms with van der Waals surface area (Å²) in [7, 11) is 1.81. The van der Waals surface area contributed by atoms with Crippen molar-refractivity contribution in [2.45, 2.75) is 53.0 Å². The van der Waals surface area contributed by atoms with E-state index >= 15 is 0 Å². The maximum atomic E-state index is 12.1. The Morgan fingerprint density at radius 1 is 1.19 bits per heavy atom. The van der Waals surface area contributed by atoms with Crippen LogP contribution in [0.5, 0.6) is 0 Å². The molecule has 1 aromatic rings. The van der Waals surface area contributed by atoms with Crippen LogP contribution in [0.4, 0.5) is 0 Å². The highest BCUT2D eigenvalue weighted by molar-refractivity contribution is 14.0. The van der Waals surface area contributed by atoms with E-state index < -0.39 is 0 Å². The SMILES string of the molecule is CN=C(NCCc1cc(C)cc(C)c1)NC1CCN(C(=O)C(C)C)CC1.I. The van der Waals surface area contributed by atoms with E-state index in [0.717, 1.165) is 44.9 Å². The van der Waals surface area contributed by atoms with E-state index in [0.29, 0.717) is 6.04 Å². The van der Waals surface area contributed by atoms with Crippen molar-refractivity contribution in [1.29, 1.82) is 0 Å². The lowest BCUT2D eigenvalue weighted by Gasteiger charge is -2.34. The smallest absolute Gasteiger partial charge is 0.225 e. The molecule has 0 aliphatic carbocycles. The molecule has 1 heterocycles. The molecule has 0 atom stereocenters. The molecule has 1 saturated heterocycles. The third kappa shape index (κ3) is 7.68. The standard InChI is InChI=1S/C21H34N4O.HI/c1-15(2)20(26)25-10-7-19(8-11-25)24-21(22-5)23-9-6-18-13-16(3)12-17(4)14-18;/h12-15,19H,6-11H2,1-5H3,(H2,22,23,24);1H. The van der Waals surface area contributed by atoms with Gasteiger partial charge in [-0.15, -0.1) is 24.0 Å². The molecule has 1 amide bonds. The number of carbonyl (C=O) groups excluding carboxylic acids is 1. The van der Waals surface area contributed by atoms with Crippen molar-refractivity contribution in [3.05, 3.63) is 34.9 Å². The number of nitrogens with zero attached hydrogens (tertiary/aromatic N) is 2. The molecule has 0 bridgehead atoms. The van der Waals surface area contributed by atoms with Crippen molar-refractivity contribution < 1.29 is 4.79 Å². The minimum atomic E-state index is 0. The fourth-order valence-corrected chi connectivity index (χ4v) is 3.54. The van der Waals surface area contributed by atoms with Crippen molar-refractivity contribution in [2.75, 3.05) is 26.7 Å². The first-order chi connectivity index (χ1) is 12.4. The number of hydrogen-bond donors (Lipinski definition) is 2. The van der Waals surface area contributed by atoms with Crippen LogP contribution in [0.15, 0.2) is 23.2 Å². The summed E-state index contributed by atoms with van der Waals surface area (Å²) in [6, 6.07) is 7.06. The fraction of sp³-hybridized carbons (Fsp3) is 0.619. The van der Waals surface area contributed by atoms with E-state index in [1.807, 2.05) is 25.8 Å². The molecule has 27 heavy (non-hydrogen) atoms. The van der Waals surface area contributed by atoms with E-state index in [4.69, 9.17) is 0 Å². The molecule has 0 saturated carbocycles. The average molecular weight is 486 g/mol. The third-order valence-electron chi connectivity index (χ3n) is 4.85. The number of rotatable bonds is 5. The Morgan fingerprint density at radius 3 is 2.30 bits per heavy atom. The molecule has 0 radical (unpaired) electrons. The van der Waals surface area contributed by atoms with E-state index in [1.165, 1.54) is 16.7 Å². The first kappa shape index (κ1) is 23.7. The minimum absolute atomic E-state index is 0. The minimum Gasteiger partial charge on any atom is -0.356 e. The summed E-state index contributed by atoms with van der Waals surface area (Å²) in [6.45, 7) is 10.7. The van der Waals surface area contributed by atoms with E-state index in [2.05, 4.69) is 47.7 Å². The van der Waals surface area contributed by atoms with Gasteiger partial charge in [0.25, 0.3) is 0 Å². The zero-order valence-electron chi connectivity index (χ0n) is 17.3. The molecule has 0 unspecified atom stereocenters. The van der Waals surface area contributed by atoms with Crippen LogP contribution in [0.1, 0.15) is 43.4 Å². The molecule has 1 aromatic carbocycles. The maximum Gasteiger partial charge on any atom is 0.225 e. The Kier molecular flexibility index (Phi) is 10.1. The summed E-state index contributed by atoms with van der Waals surface area (Å²) < 4.78 is 0. The summed E-state index contributed by atoms with van der Waals surface area (Å²) in [6.07, 6.45) is 2.91. The molecular formula is C21H35IN4O. The molecule has 6 heteroatoms. The van der Waals surface area contributed by atoms with Gasteiger partial charge in [0, 0.05) is 38.6 Å². The number of carbonyl (C=O) groups is 1. The second kappa shape index (κ2) is 11.5. The number of piperidine rings is 1. The number of nitrogens with one attached hydrogen (secondary N) is 2. The van der Waals surface area contributed by atoms with E-state index in [1.54, 1.807) is 0 Å². The van der Waals surface area contributed by atoms with Crippen LogP contribution >= 0.6 is 24.0 Å². The van der Waals surface area contributed by atoms with Crippen LogP contribution in [0, 0.1) is 19.8 Å². The zero-order chi connectivity index (χ0) is 19.1. The van der Waals surface area contributed by atoms with Crippen LogP contribution in [-0.2, 0) is 11.2 Å². The van der Waals surface area contributed by atoms with E-state index in [-0.39, 0.29) is 35.8 Å². The number of benzene rings is 1. The Bertz CT molecular complexity index is 617. The summed E-state index contributed by atoms with van der Waals surface area (Å²) in [5.41, 5.74) is 3.97. The summed E-state index contributed by atoms with van der Waals surface area (Å²) in [5.74, 6) is 1.20. The molecule has 5 nitrogen and oxygen atoms in total. The number of aryl methyl sites for hydroxylation is 2. The van der Waals surface area contributed by atoms with Gasteiger partial charge in [-0.05, 0) is 38.7 Å². The lowest BCUT2D eigenvalue weighted by atomic mass is 10.0. The van der Waals surface area contributed by atoms with Crippen molar-refractivity contribution >= 4 is 35.8 Å². The first-order valence-electron chi connectivity index (χ1n) is 9.72. The van der Waals surface area contributed by atoms with Gasteiger partial charge in [0.05, 0.1) is 0 Å². The number of aliphatic imine (C=N–C) groups is 1. The monoisotopic (exact) mass is 486 g/mol. The molecule has 1 fully saturated rings. The van der Waals surface area contributed by atoms with Gasteiger partial charge in [-0.2, -0.15) is 0 Å². The van der Waals surface area contributed by atoms with Crippen molar-refractivity contribution in [3.63, 3.8) is 0 Å². The third-order valence-corrected chi connectivity index (χ3v) is 4.85. The number of guanidine groups is 1. The maximum absolute atomic E-state index is 12.1. The van der Waals surface area contributed by atoms with E-state index in [9.17, 15) is 4.79 Å². The fourth-order valence-electron chi connectivity index (χ4n) is 3.54. The lowest BCUT2D eigenvalue weighted by molar-refractivity contribution is -0.135. The number of likely N-dealkylation sites (tertiary alicyclic amines) is 1. The van der Waals surface area contributed by atoms with Crippen molar-refractivity contribution in [2.24, 2.45) is 10.9 Å². The van der Waals surface area contributed by atoms with Crippen LogP contribution in [-0.4, -0.2) is 49.5 Å². The van der Waals surface area contributed by atoms with Gasteiger partial charge in [0.1, 0.15) is 0 Å². The van der Waals surface area contributed by atoms with Crippen LogP contribution in [0.2, 0.25) is 0 Å².